The lowest BCUT2D eigenvalue weighted by atomic mass is 10.0. The number of anilines is 1. The molecule has 0 spiro atoms. The van der Waals surface area contributed by atoms with Crippen molar-refractivity contribution in [2.45, 2.75) is 0 Å². The number of fused-ring (bicyclic) bond motifs is 1. The number of hydrogen-bond donors (Lipinski definition) is 2. The number of hydrogen-bond acceptors (Lipinski definition) is 6. The highest BCUT2D eigenvalue weighted by atomic mass is 35.5. The average molecular weight is 473 g/mol. The fourth-order valence-corrected chi connectivity index (χ4v) is 4.44. The minimum absolute atomic E-state index is 0.00160. The fourth-order valence-electron chi connectivity index (χ4n) is 3.08. The molecule has 0 aliphatic carbocycles. The second-order valence-corrected chi connectivity index (χ2v) is 8.17. The summed E-state index contributed by atoms with van der Waals surface area (Å²) in [5.41, 5.74) is 1.48. The van der Waals surface area contributed by atoms with Crippen molar-refractivity contribution in [1.29, 1.82) is 5.41 Å². The minimum Gasteiger partial charge on any atom is -0.465 e. The smallest absolute Gasteiger partial charge is 0.341 e. The summed E-state index contributed by atoms with van der Waals surface area (Å²) in [6.07, 6.45) is 0. The van der Waals surface area contributed by atoms with Gasteiger partial charge in [0.05, 0.1) is 7.11 Å². The van der Waals surface area contributed by atoms with Crippen LogP contribution < -0.4 is 10.9 Å². The zero-order chi connectivity index (χ0) is 22.1. The summed E-state index contributed by atoms with van der Waals surface area (Å²) in [4.78, 5) is 25.5. The second-order valence-electron chi connectivity index (χ2n) is 6.45. The van der Waals surface area contributed by atoms with Crippen LogP contribution in [0.3, 0.4) is 0 Å². The molecule has 0 aliphatic heterocycles. The van der Waals surface area contributed by atoms with Gasteiger partial charge < -0.3 is 14.5 Å². The Labute approximate surface area is 190 Å². The Balaban J connectivity index is 1.76. The van der Waals surface area contributed by atoms with Crippen LogP contribution in [-0.4, -0.2) is 19.0 Å². The maximum atomic E-state index is 12.9. The Morgan fingerprint density at radius 3 is 2.61 bits per heavy atom. The van der Waals surface area contributed by atoms with E-state index in [1.54, 1.807) is 47.8 Å². The molecule has 0 saturated carbocycles. The van der Waals surface area contributed by atoms with Crippen molar-refractivity contribution in [3.63, 3.8) is 0 Å². The standard InChI is InChI=1S/C22H14Cl2N2O4S/c1-29-22(28)18-15(13-4-2-3-5-16(13)24)10-31-21(18)26-20(27)14-9-11-8-12(23)6-7-17(11)30-19(14)25/h2-10,25H,1H3,(H,26,27). The topological polar surface area (TPSA) is 92.4 Å². The molecule has 2 aromatic heterocycles. The molecular weight excluding hydrogens is 459 g/mol. The first-order valence-electron chi connectivity index (χ1n) is 8.93. The van der Waals surface area contributed by atoms with E-state index in [4.69, 9.17) is 37.8 Å². The van der Waals surface area contributed by atoms with E-state index in [0.717, 1.165) is 11.3 Å². The number of amides is 1. The van der Waals surface area contributed by atoms with E-state index in [9.17, 15) is 9.59 Å². The number of thiophene rings is 1. The van der Waals surface area contributed by atoms with Crippen LogP contribution in [0.1, 0.15) is 20.7 Å². The van der Waals surface area contributed by atoms with E-state index < -0.39 is 11.9 Å². The van der Waals surface area contributed by atoms with Gasteiger partial charge in [0.15, 0.2) is 0 Å². The summed E-state index contributed by atoms with van der Waals surface area (Å²) >= 11 is 13.5. The highest BCUT2D eigenvalue weighted by Crippen LogP contribution is 2.39. The van der Waals surface area contributed by atoms with Gasteiger partial charge in [-0.05, 0) is 30.3 Å². The van der Waals surface area contributed by atoms with Crippen LogP contribution in [0.25, 0.3) is 22.1 Å². The number of esters is 1. The first kappa shape index (κ1) is 21.1. The third-order valence-corrected chi connectivity index (χ3v) is 6.00. The molecule has 2 heterocycles. The Morgan fingerprint density at radius 2 is 1.87 bits per heavy atom. The molecule has 0 radical (unpaired) electrons. The molecule has 0 bridgehead atoms. The van der Waals surface area contributed by atoms with Gasteiger partial charge in [-0.1, -0.05) is 41.4 Å². The molecule has 156 valence electrons. The highest BCUT2D eigenvalue weighted by molar-refractivity contribution is 7.15. The summed E-state index contributed by atoms with van der Waals surface area (Å²) < 4.78 is 10.4. The van der Waals surface area contributed by atoms with Gasteiger partial charge in [0.2, 0.25) is 5.55 Å². The summed E-state index contributed by atoms with van der Waals surface area (Å²) in [5.74, 6) is -1.22. The van der Waals surface area contributed by atoms with Crippen molar-refractivity contribution in [1.82, 2.24) is 0 Å². The molecule has 31 heavy (non-hydrogen) atoms. The van der Waals surface area contributed by atoms with Gasteiger partial charge in [-0.2, -0.15) is 0 Å². The molecule has 6 nitrogen and oxygen atoms in total. The van der Waals surface area contributed by atoms with Gasteiger partial charge in [-0.25, -0.2) is 4.79 Å². The van der Waals surface area contributed by atoms with Crippen LogP contribution in [0, 0.1) is 5.41 Å². The zero-order valence-electron chi connectivity index (χ0n) is 16.0. The quantitative estimate of drug-likeness (QED) is 0.357. The lowest BCUT2D eigenvalue weighted by Crippen LogP contribution is -2.21. The molecular formula is C22H14Cl2N2O4S. The summed E-state index contributed by atoms with van der Waals surface area (Å²) in [5, 5.41) is 14.3. The van der Waals surface area contributed by atoms with Crippen LogP contribution in [0.15, 0.2) is 58.3 Å². The predicted molar refractivity (Wildman–Crippen MR) is 121 cm³/mol. The van der Waals surface area contributed by atoms with E-state index in [2.05, 4.69) is 5.32 Å². The first-order chi connectivity index (χ1) is 14.9. The van der Waals surface area contributed by atoms with Crippen molar-refractivity contribution in [2.24, 2.45) is 0 Å². The molecule has 9 heteroatoms. The predicted octanol–water partition coefficient (Wildman–Crippen LogP) is 5.99. The van der Waals surface area contributed by atoms with E-state index in [-0.39, 0.29) is 21.7 Å². The maximum absolute atomic E-state index is 12.9. The molecule has 0 saturated heterocycles. The Bertz CT molecular complexity index is 1390. The van der Waals surface area contributed by atoms with E-state index in [1.165, 1.54) is 13.2 Å². The van der Waals surface area contributed by atoms with Gasteiger partial charge in [0.1, 0.15) is 21.7 Å². The molecule has 0 fully saturated rings. The third-order valence-electron chi connectivity index (χ3n) is 4.54. The Hall–Kier alpha value is -3.13. The average Bonchev–Trinajstić information content (AvgIpc) is 3.16. The second kappa shape index (κ2) is 8.55. The number of methoxy groups -OCH3 is 1. The van der Waals surface area contributed by atoms with Crippen molar-refractivity contribution in [3.05, 3.63) is 80.6 Å². The van der Waals surface area contributed by atoms with E-state index in [0.29, 0.717) is 32.1 Å². The minimum atomic E-state index is -0.618. The van der Waals surface area contributed by atoms with Crippen LogP contribution >= 0.6 is 34.5 Å². The molecule has 2 aromatic carbocycles. The van der Waals surface area contributed by atoms with Gasteiger partial charge in [0, 0.05) is 31.9 Å². The molecule has 2 N–H and O–H groups in total. The molecule has 1 amide bonds. The monoisotopic (exact) mass is 472 g/mol. The SMILES string of the molecule is COC(=O)c1c(-c2ccccc2Cl)csc1NC(=O)c1cc2cc(Cl)ccc2oc1=N. The molecule has 4 aromatic rings. The van der Waals surface area contributed by atoms with Gasteiger partial charge >= 0.3 is 5.97 Å². The number of benzene rings is 2. The van der Waals surface area contributed by atoms with E-state index >= 15 is 0 Å². The number of carbonyl (C=O) groups excluding carboxylic acids is 2. The summed E-state index contributed by atoms with van der Waals surface area (Å²) in [7, 11) is 1.26. The van der Waals surface area contributed by atoms with Crippen LogP contribution in [0.4, 0.5) is 5.00 Å². The van der Waals surface area contributed by atoms with Crippen molar-refractivity contribution < 1.29 is 18.7 Å². The summed E-state index contributed by atoms with van der Waals surface area (Å²) in [6, 6.07) is 13.5. The largest absolute Gasteiger partial charge is 0.465 e. The molecule has 0 unspecified atom stereocenters. The van der Waals surface area contributed by atoms with Crippen molar-refractivity contribution >= 4 is 62.4 Å². The van der Waals surface area contributed by atoms with Gasteiger partial charge in [-0.15, -0.1) is 11.3 Å². The van der Waals surface area contributed by atoms with E-state index in [1.807, 2.05) is 0 Å². The van der Waals surface area contributed by atoms with Crippen molar-refractivity contribution in [2.75, 3.05) is 12.4 Å². The van der Waals surface area contributed by atoms with Gasteiger partial charge in [-0.3, -0.25) is 10.2 Å². The van der Waals surface area contributed by atoms with Crippen molar-refractivity contribution in [3.8, 4) is 11.1 Å². The fraction of sp³-hybridized carbons (Fsp3) is 0.0455. The lowest BCUT2D eigenvalue weighted by molar-refractivity contribution is 0.0603. The van der Waals surface area contributed by atoms with Crippen LogP contribution in [0.5, 0.6) is 0 Å². The first-order valence-corrected chi connectivity index (χ1v) is 10.6. The number of ether oxygens (including phenoxy) is 1. The lowest BCUT2D eigenvalue weighted by Gasteiger charge is -2.09. The third kappa shape index (κ3) is 4.07. The normalized spacial score (nSPS) is 10.8. The Kier molecular flexibility index (Phi) is 5.82. The maximum Gasteiger partial charge on any atom is 0.341 e. The summed E-state index contributed by atoms with van der Waals surface area (Å²) in [6.45, 7) is 0. The number of carbonyl (C=O) groups is 2. The molecule has 0 atom stereocenters. The van der Waals surface area contributed by atoms with Crippen LogP contribution in [-0.2, 0) is 4.74 Å². The molecule has 4 rings (SSSR count). The number of rotatable bonds is 4. The van der Waals surface area contributed by atoms with Gasteiger partial charge in [0.25, 0.3) is 5.91 Å². The van der Waals surface area contributed by atoms with Crippen LogP contribution in [0.2, 0.25) is 10.0 Å². The highest BCUT2D eigenvalue weighted by Gasteiger charge is 2.24. The Morgan fingerprint density at radius 1 is 1.10 bits per heavy atom. The molecule has 0 aliphatic rings. The zero-order valence-corrected chi connectivity index (χ0v) is 18.3. The number of halogens is 2. The number of nitrogens with one attached hydrogen (secondary N) is 2.